The summed E-state index contributed by atoms with van der Waals surface area (Å²) < 4.78 is 13.6. The molecule has 4 rings (SSSR count). The number of aromatic nitrogens is 1. The molecule has 0 saturated carbocycles. The average molecular weight is 377 g/mol. The lowest BCUT2D eigenvalue weighted by Gasteiger charge is -2.36. The Hall–Kier alpha value is -1.69. The predicted molar refractivity (Wildman–Crippen MR) is 105 cm³/mol. The summed E-state index contributed by atoms with van der Waals surface area (Å²) in [6.07, 6.45) is 4.53. The van der Waals surface area contributed by atoms with E-state index in [2.05, 4.69) is 32.2 Å². The molecule has 1 N–H and O–H groups in total. The summed E-state index contributed by atoms with van der Waals surface area (Å²) in [5, 5.41) is 3.43. The minimum atomic E-state index is -0.167. The van der Waals surface area contributed by atoms with Gasteiger partial charge in [0.05, 0.1) is 0 Å². The second-order valence-corrected chi connectivity index (χ2v) is 6.96. The van der Waals surface area contributed by atoms with Gasteiger partial charge in [-0.2, -0.15) is 0 Å². The first-order valence-electron chi connectivity index (χ1n) is 9.20. The van der Waals surface area contributed by atoms with E-state index in [1.807, 2.05) is 12.3 Å². The van der Waals surface area contributed by atoms with Crippen molar-refractivity contribution < 1.29 is 4.39 Å². The Morgan fingerprint density at radius 1 is 1.12 bits per heavy atom. The van der Waals surface area contributed by atoms with E-state index in [0.29, 0.717) is 0 Å². The molecule has 2 aromatic rings. The summed E-state index contributed by atoms with van der Waals surface area (Å²) in [7, 11) is 0. The number of nitrogens with one attached hydrogen (secondary N) is 1. The van der Waals surface area contributed by atoms with Gasteiger partial charge in [-0.1, -0.05) is 18.2 Å². The van der Waals surface area contributed by atoms with Gasteiger partial charge in [0, 0.05) is 51.5 Å². The molecule has 1 atom stereocenters. The summed E-state index contributed by atoms with van der Waals surface area (Å²) in [6, 6.07) is 11.5. The van der Waals surface area contributed by atoms with Crippen molar-refractivity contribution in [1.29, 1.82) is 0 Å². The molecule has 0 amide bonds. The van der Waals surface area contributed by atoms with Gasteiger partial charge in [0.1, 0.15) is 11.6 Å². The van der Waals surface area contributed by atoms with Crippen molar-refractivity contribution in [1.82, 2.24) is 15.2 Å². The van der Waals surface area contributed by atoms with Gasteiger partial charge in [0.2, 0.25) is 0 Å². The van der Waals surface area contributed by atoms with Crippen LogP contribution in [0.25, 0.3) is 0 Å². The maximum absolute atomic E-state index is 13.6. The third-order valence-corrected chi connectivity index (χ3v) is 5.21. The fourth-order valence-corrected chi connectivity index (χ4v) is 3.86. The summed E-state index contributed by atoms with van der Waals surface area (Å²) >= 11 is 0. The van der Waals surface area contributed by atoms with Crippen molar-refractivity contribution in [2.75, 3.05) is 37.6 Å². The third-order valence-electron chi connectivity index (χ3n) is 5.21. The molecule has 2 aliphatic rings. The highest BCUT2D eigenvalue weighted by atomic mass is 35.5. The quantitative estimate of drug-likeness (QED) is 0.886. The van der Waals surface area contributed by atoms with Gasteiger partial charge in [-0.15, -0.1) is 12.4 Å². The molecule has 2 saturated heterocycles. The van der Waals surface area contributed by atoms with Crippen LogP contribution in [0.4, 0.5) is 10.2 Å². The first kappa shape index (κ1) is 19.1. The van der Waals surface area contributed by atoms with Crippen LogP contribution in [0.2, 0.25) is 0 Å². The monoisotopic (exact) mass is 376 g/mol. The Balaban J connectivity index is 0.00000196. The van der Waals surface area contributed by atoms with Crippen LogP contribution < -0.4 is 10.2 Å². The van der Waals surface area contributed by atoms with Crippen molar-refractivity contribution >= 4 is 18.2 Å². The molecule has 2 aliphatic heterocycles. The first-order valence-corrected chi connectivity index (χ1v) is 9.20. The van der Waals surface area contributed by atoms with E-state index >= 15 is 0 Å². The molecule has 0 radical (unpaired) electrons. The van der Waals surface area contributed by atoms with Crippen molar-refractivity contribution in [3.63, 3.8) is 0 Å². The van der Waals surface area contributed by atoms with Crippen LogP contribution in [0.1, 0.15) is 30.0 Å². The van der Waals surface area contributed by atoms with Gasteiger partial charge in [0.15, 0.2) is 0 Å². The van der Waals surface area contributed by atoms with E-state index in [1.165, 1.54) is 24.5 Å². The number of nitrogens with zero attached hydrogens (tertiary/aromatic N) is 3. The van der Waals surface area contributed by atoms with Crippen LogP contribution in [0.3, 0.4) is 0 Å². The minimum absolute atomic E-state index is 0. The molecule has 6 heteroatoms. The molecule has 1 aromatic carbocycles. The molecule has 2 fully saturated rings. The highest BCUT2D eigenvalue weighted by molar-refractivity contribution is 5.85. The maximum Gasteiger partial charge on any atom is 0.128 e. The molecule has 1 unspecified atom stereocenters. The summed E-state index contributed by atoms with van der Waals surface area (Å²) in [4.78, 5) is 9.43. The van der Waals surface area contributed by atoms with E-state index in [-0.39, 0.29) is 24.3 Å². The zero-order chi connectivity index (χ0) is 17.1. The van der Waals surface area contributed by atoms with Crippen molar-refractivity contribution in [3.8, 4) is 0 Å². The standard InChI is InChI=1S/C20H25FN4.ClH/c21-18-5-3-4-17(12-18)19-14-22-8-11-25(19)15-16-6-7-20(23-13-16)24-9-1-2-10-24;/h3-7,12-13,19,22H,1-2,8-11,14-15H2;1H. The summed E-state index contributed by atoms with van der Waals surface area (Å²) in [6.45, 7) is 5.84. The van der Waals surface area contributed by atoms with Gasteiger partial charge in [-0.05, 0) is 42.2 Å². The second-order valence-electron chi connectivity index (χ2n) is 6.96. The van der Waals surface area contributed by atoms with Gasteiger partial charge in [-0.25, -0.2) is 9.37 Å². The highest BCUT2D eigenvalue weighted by Crippen LogP contribution is 2.25. The summed E-state index contributed by atoms with van der Waals surface area (Å²) in [5.41, 5.74) is 2.25. The van der Waals surface area contributed by atoms with Crippen LogP contribution in [-0.4, -0.2) is 42.6 Å². The van der Waals surface area contributed by atoms with Gasteiger partial charge < -0.3 is 10.2 Å². The minimum Gasteiger partial charge on any atom is -0.357 e. The topological polar surface area (TPSA) is 31.4 Å². The zero-order valence-electron chi connectivity index (χ0n) is 14.9. The molecule has 140 valence electrons. The Morgan fingerprint density at radius 3 is 2.69 bits per heavy atom. The number of benzene rings is 1. The van der Waals surface area contributed by atoms with Gasteiger partial charge >= 0.3 is 0 Å². The Labute approximate surface area is 160 Å². The number of pyridine rings is 1. The van der Waals surface area contributed by atoms with E-state index < -0.39 is 0 Å². The molecule has 1 aromatic heterocycles. The van der Waals surface area contributed by atoms with Gasteiger partial charge in [0.25, 0.3) is 0 Å². The van der Waals surface area contributed by atoms with Crippen molar-refractivity contribution in [3.05, 3.63) is 59.5 Å². The lowest BCUT2D eigenvalue weighted by molar-refractivity contribution is 0.153. The van der Waals surface area contributed by atoms with E-state index in [9.17, 15) is 4.39 Å². The van der Waals surface area contributed by atoms with Crippen LogP contribution in [0.5, 0.6) is 0 Å². The SMILES string of the molecule is Cl.Fc1cccc(C2CNCCN2Cc2ccc(N3CCCC3)nc2)c1. The maximum atomic E-state index is 13.6. The first-order chi connectivity index (χ1) is 12.3. The Kier molecular flexibility index (Phi) is 6.46. The van der Waals surface area contributed by atoms with Crippen LogP contribution in [-0.2, 0) is 6.54 Å². The molecule has 3 heterocycles. The lowest BCUT2D eigenvalue weighted by Crippen LogP contribution is -2.45. The number of hydrogen-bond donors (Lipinski definition) is 1. The summed E-state index contributed by atoms with van der Waals surface area (Å²) in [5.74, 6) is 0.919. The van der Waals surface area contributed by atoms with Crippen LogP contribution >= 0.6 is 12.4 Å². The number of halogens is 2. The normalized spacial score (nSPS) is 20.8. The van der Waals surface area contributed by atoms with Gasteiger partial charge in [-0.3, -0.25) is 4.90 Å². The van der Waals surface area contributed by atoms with Crippen molar-refractivity contribution in [2.45, 2.75) is 25.4 Å². The number of hydrogen-bond acceptors (Lipinski definition) is 4. The molecular weight excluding hydrogens is 351 g/mol. The number of anilines is 1. The van der Waals surface area contributed by atoms with Crippen LogP contribution in [0, 0.1) is 5.82 Å². The average Bonchev–Trinajstić information content (AvgIpc) is 3.18. The third kappa shape index (κ3) is 4.34. The van der Waals surface area contributed by atoms with E-state index in [4.69, 9.17) is 0 Å². The number of rotatable bonds is 4. The highest BCUT2D eigenvalue weighted by Gasteiger charge is 2.24. The molecule has 26 heavy (non-hydrogen) atoms. The molecular formula is C20H26ClFN4. The fourth-order valence-electron chi connectivity index (χ4n) is 3.86. The lowest BCUT2D eigenvalue weighted by atomic mass is 10.0. The molecule has 0 bridgehead atoms. The largest absolute Gasteiger partial charge is 0.357 e. The molecule has 0 spiro atoms. The van der Waals surface area contributed by atoms with E-state index in [1.54, 1.807) is 12.1 Å². The second kappa shape index (κ2) is 8.80. The smallest absolute Gasteiger partial charge is 0.128 e. The Morgan fingerprint density at radius 2 is 1.96 bits per heavy atom. The molecule has 0 aliphatic carbocycles. The number of piperazine rings is 1. The zero-order valence-corrected chi connectivity index (χ0v) is 15.7. The fraction of sp³-hybridized carbons (Fsp3) is 0.450. The molecule has 4 nitrogen and oxygen atoms in total. The Bertz CT molecular complexity index is 703. The van der Waals surface area contributed by atoms with Crippen LogP contribution in [0.15, 0.2) is 42.6 Å². The predicted octanol–water partition coefficient (Wildman–Crippen LogP) is 3.39. The van der Waals surface area contributed by atoms with E-state index in [0.717, 1.165) is 50.6 Å². The van der Waals surface area contributed by atoms with Crippen molar-refractivity contribution in [2.24, 2.45) is 0 Å².